The van der Waals surface area contributed by atoms with Crippen molar-refractivity contribution in [3.63, 3.8) is 0 Å². The maximum absolute atomic E-state index is 13.4. The van der Waals surface area contributed by atoms with Crippen LogP contribution >= 0.6 is 0 Å². The Bertz CT molecular complexity index is 998. The predicted molar refractivity (Wildman–Crippen MR) is 125 cm³/mol. The van der Waals surface area contributed by atoms with Crippen molar-refractivity contribution in [1.82, 2.24) is 20.0 Å². The molecule has 1 aromatic carbocycles. The minimum Gasteiger partial charge on any atom is -0.481 e. The molecule has 0 spiro atoms. The van der Waals surface area contributed by atoms with Crippen LogP contribution in [0, 0.1) is 6.92 Å². The van der Waals surface area contributed by atoms with Gasteiger partial charge in [-0.25, -0.2) is 0 Å². The van der Waals surface area contributed by atoms with E-state index < -0.39 is 17.9 Å². The molecule has 1 aliphatic rings. The molecule has 2 heterocycles. The third kappa shape index (κ3) is 6.00. The van der Waals surface area contributed by atoms with E-state index in [0.717, 1.165) is 37.7 Å². The van der Waals surface area contributed by atoms with Gasteiger partial charge in [0, 0.05) is 25.2 Å². The highest BCUT2D eigenvalue weighted by Gasteiger charge is 2.30. The first-order chi connectivity index (χ1) is 15.8. The number of carbonyl (C=O) groups excluding carboxylic acids is 2. The van der Waals surface area contributed by atoms with E-state index in [-0.39, 0.29) is 24.1 Å². The molecule has 0 saturated carbocycles. The quantitative estimate of drug-likeness (QED) is 0.597. The lowest BCUT2D eigenvalue weighted by molar-refractivity contribution is -0.137. The third-order valence-electron chi connectivity index (χ3n) is 6.17. The molecule has 178 valence electrons. The maximum atomic E-state index is 13.4. The molecule has 0 aliphatic carbocycles. The van der Waals surface area contributed by atoms with Gasteiger partial charge >= 0.3 is 5.97 Å². The van der Waals surface area contributed by atoms with Crippen LogP contribution in [0.15, 0.2) is 30.3 Å². The summed E-state index contributed by atoms with van der Waals surface area (Å²) < 4.78 is 1.56. The summed E-state index contributed by atoms with van der Waals surface area (Å²) in [5.41, 5.74) is 2.21. The van der Waals surface area contributed by atoms with E-state index in [1.165, 1.54) is 6.07 Å². The van der Waals surface area contributed by atoms with E-state index in [9.17, 15) is 19.5 Å². The lowest BCUT2D eigenvalue weighted by atomic mass is 9.98. The highest BCUT2D eigenvalue weighted by atomic mass is 16.4. The first-order valence-corrected chi connectivity index (χ1v) is 11.8. The van der Waals surface area contributed by atoms with Crippen molar-refractivity contribution in [3.8, 4) is 0 Å². The minimum absolute atomic E-state index is 0.0951. The number of likely N-dealkylation sites (tertiary alicyclic amines) is 1. The van der Waals surface area contributed by atoms with Crippen molar-refractivity contribution in [3.05, 3.63) is 52.8 Å². The standard InChI is InChI=1S/C25H34N4O4/c1-4-9-19-12-6-7-13-28(19)25(33)22-15-21(27-29(22)5-2)24(32)26-20(16-23(30)31)18-11-8-10-17(3)14-18/h8,10-11,14-15,19-20H,4-7,9,12-13,16H2,1-3H3,(H,26,32)(H,30,31). The zero-order chi connectivity index (χ0) is 24.0. The summed E-state index contributed by atoms with van der Waals surface area (Å²) in [6.07, 6.45) is 4.83. The molecule has 0 radical (unpaired) electrons. The normalized spacial score (nSPS) is 16.9. The first kappa shape index (κ1) is 24.5. The van der Waals surface area contributed by atoms with E-state index in [2.05, 4.69) is 17.3 Å². The zero-order valence-corrected chi connectivity index (χ0v) is 19.7. The van der Waals surface area contributed by atoms with Crippen molar-refractivity contribution in [1.29, 1.82) is 0 Å². The van der Waals surface area contributed by atoms with Gasteiger partial charge in [-0.15, -0.1) is 0 Å². The molecular weight excluding hydrogens is 420 g/mol. The van der Waals surface area contributed by atoms with Gasteiger partial charge in [-0.05, 0) is 45.1 Å². The molecule has 1 aliphatic heterocycles. The SMILES string of the molecule is CCCC1CCCCN1C(=O)c1cc(C(=O)NC(CC(=O)O)c2cccc(C)c2)nn1CC. The van der Waals surface area contributed by atoms with Gasteiger partial charge in [0.05, 0.1) is 12.5 Å². The number of aromatic nitrogens is 2. The number of aryl methyl sites for hydroxylation is 2. The third-order valence-corrected chi connectivity index (χ3v) is 6.17. The van der Waals surface area contributed by atoms with Gasteiger partial charge in [0.25, 0.3) is 11.8 Å². The molecular formula is C25H34N4O4. The summed E-state index contributed by atoms with van der Waals surface area (Å²) in [6, 6.07) is 8.46. The minimum atomic E-state index is -1.01. The molecule has 0 bridgehead atoms. The smallest absolute Gasteiger partial charge is 0.305 e. The lowest BCUT2D eigenvalue weighted by Gasteiger charge is -2.35. The number of amides is 2. The van der Waals surface area contributed by atoms with Crippen LogP contribution in [0.2, 0.25) is 0 Å². The van der Waals surface area contributed by atoms with E-state index in [4.69, 9.17) is 0 Å². The Morgan fingerprint density at radius 2 is 2.00 bits per heavy atom. The fourth-order valence-corrected chi connectivity index (χ4v) is 4.54. The number of nitrogens with zero attached hydrogens (tertiary/aromatic N) is 3. The van der Waals surface area contributed by atoms with Crippen molar-refractivity contribution in [2.45, 2.75) is 77.9 Å². The first-order valence-electron chi connectivity index (χ1n) is 11.8. The Hall–Kier alpha value is -3.16. The summed E-state index contributed by atoms with van der Waals surface area (Å²) in [5, 5.41) is 16.5. The second-order valence-electron chi connectivity index (χ2n) is 8.71. The fraction of sp³-hybridized carbons (Fsp3) is 0.520. The topological polar surface area (TPSA) is 105 Å². The van der Waals surface area contributed by atoms with Gasteiger partial charge < -0.3 is 15.3 Å². The van der Waals surface area contributed by atoms with E-state index >= 15 is 0 Å². The number of piperidine rings is 1. The molecule has 2 N–H and O–H groups in total. The zero-order valence-electron chi connectivity index (χ0n) is 19.7. The largest absolute Gasteiger partial charge is 0.481 e. The Labute approximate surface area is 195 Å². The number of carbonyl (C=O) groups is 3. The number of benzene rings is 1. The van der Waals surface area contributed by atoms with Gasteiger partial charge in [0.15, 0.2) is 5.69 Å². The van der Waals surface area contributed by atoms with E-state index in [1.54, 1.807) is 10.7 Å². The second kappa shape index (κ2) is 11.1. The highest BCUT2D eigenvalue weighted by Crippen LogP contribution is 2.24. The number of hydrogen-bond donors (Lipinski definition) is 2. The number of aliphatic carboxylic acids is 1. The average Bonchev–Trinajstić information content (AvgIpc) is 3.23. The van der Waals surface area contributed by atoms with Crippen LogP contribution in [0.4, 0.5) is 0 Å². The number of carboxylic acid groups (broad SMARTS) is 1. The van der Waals surface area contributed by atoms with Crippen molar-refractivity contribution in [2.24, 2.45) is 0 Å². The van der Waals surface area contributed by atoms with E-state index in [0.29, 0.717) is 24.3 Å². The molecule has 8 nitrogen and oxygen atoms in total. The average molecular weight is 455 g/mol. The number of nitrogens with one attached hydrogen (secondary N) is 1. The summed E-state index contributed by atoms with van der Waals surface area (Å²) >= 11 is 0. The summed E-state index contributed by atoms with van der Waals surface area (Å²) in [6.45, 7) is 7.09. The summed E-state index contributed by atoms with van der Waals surface area (Å²) in [7, 11) is 0. The molecule has 3 rings (SSSR count). The Morgan fingerprint density at radius 3 is 2.67 bits per heavy atom. The fourth-order valence-electron chi connectivity index (χ4n) is 4.54. The van der Waals surface area contributed by atoms with Crippen LogP contribution in [0.25, 0.3) is 0 Å². The lowest BCUT2D eigenvalue weighted by Crippen LogP contribution is -2.44. The number of rotatable bonds is 9. The molecule has 1 saturated heterocycles. The van der Waals surface area contributed by atoms with Crippen LogP contribution in [0.3, 0.4) is 0 Å². The summed E-state index contributed by atoms with van der Waals surface area (Å²) in [5.74, 6) is -1.60. The molecule has 2 atom stereocenters. The number of hydrogen-bond acceptors (Lipinski definition) is 4. The van der Waals surface area contributed by atoms with Crippen LogP contribution in [-0.4, -0.2) is 50.2 Å². The van der Waals surface area contributed by atoms with Crippen LogP contribution in [0.1, 0.15) is 90.5 Å². The van der Waals surface area contributed by atoms with Gasteiger partial charge in [-0.2, -0.15) is 5.10 Å². The molecule has 2 aromatic rings. The van der Waals surface area contributed by atoms with E-state index in [1.807, 2.05) is 36.9 Å². The molecule has 1 fully saturated rings. The van der Waals surface area contributed by atoms with Crippen LogP contribution < -0.4 is 5.32 Å². The van der Waals surface area contributed by atoms with Gasteiger partial charge in [0.1, 0.15) is 5.69 Å². The molecule has 2 unspecified atom stereocenters. The van der Waals surface area contributed by atoms with Gasteiger partial charge in [0.2, 0.25) is 0 Å². The molecule has 2 amide bonds. The van der Waals surface area contributed by atoms with Crippen LogP contribution in [0.5, 0.6) is 0 Å². The Kier molecular flexibility index (Phi) is 8.25. The summed E-state index contributed by atoms with van der Waals surface area (Å²) in [4.78, 5) is 39.8. The molecule has 8 heteroatoms. The predicted octanol–water partition coefficient (Wildman–Crippen LogP) is 3.95. The van der Waals surface area contributed by atoms with Gasteiger partial charge in [-0.1, -0.05) is 43.2 Å². The van der Waals surface area contributed by atoms with Crippen LogP contribution in [-0.2, 0) is 11.3 Å². The molecule has 33 heavy (non-hydrogen) atoms. The monoisotopic (exact) mass is 454 g/mol. The van der Waals surface area contributed by atoms with Crippen molar-refractivity contribution in [2.75, 3.05) is 6.54 Å². The maximum Gasteiger partial charge on any atom is 0.305 e. The van der Waals surface area contributed by atoms with Gasteiger partial charge in [-0.3, -0.25) is 19.1 Å². The van der Waals surface area contributed by atoms with Crippen molar-refractivity contribution < 1.29 is 19.5 Å². The number of carboxylic acids is 1. The highest BCUT2D eigenvalue weighted by molar-refractivity contribution is 5.98. The molecule has 1 aromatic heterocycles. The Morgan fingerprint density at radius 1 is 1.21 bits per heavy atom. The Balaban J connectivity index is 1.83. The van der Waals surface area contributed by atoms with Crippen molar-refractivity contribution >= 4 is 17.8 Å². The second-order valence-corrected chi connectivity index (χ2v) is 8.71.